The Balaban J connectivity index is 1.46. The van der Waals surface area contributed by atoms with Crippen molar-refractivity contribution in [1.29, 1.82) is 0 Å². The van der Waals surface area contributed by atoms with Gasteiger partial charge in [-0.15, -0.1) is 0 Å². The third kappa shape index (κ3) is 6.28. The summed E-state index contributed by atoms with van der Waals surface area (Å²) in [6, 6.07) is 9.67. The summed E-state index contributed by atoms with van der Waals surface area (Å²) in [6.07, 6.45) is 2.14. The van der Waals surface area contributed by atoms with Crippen molar-refractivity contribution in [1.82, 2.24) is 10.2 Å². The van der Waals surface area contributed by atoms with E-state index in [-0.39, 0.29) is 6.03 Å². The second-order valence-electron chi connectivity index (χ2n) is 8.17. The number of hydrogen-bond donors (Lipinski definition) is 2. The Hall–Kier alpha value is -2.44. The third-order valence-corrected chi connectivity index (χ3v) is 6.17. The maximum atomic E-state index is 12.4. The number of anilines is 1. The van der Waals surface area contributed by atoms with Crippen LogP contribution in [0.5, 0.6) is 11.5 Å². The van der Waals surface area contributed by atoms with Gasteiger partial charge in [0.2, 0.25) is 0 Å². The Kier molecular flexibility index (Phi) is 8.04. The lowest BCUT2D eigenvalue weighted by Crippen LogP contribution is -2.39. The van der Waals surface area contributed by atoms with E-state index in [1.54, 1.807) is 12.1 Å². The largest absolute Gasteiger partial charge is 0.495 e. The number of benzene rings is 2. The maximum Gasteiger partial charge on any atom is 0.319 e. The van der Waals surface area contributed by atoms with Gasteiger partial charge in [-0.3, -0.25) is 4.90 Å². The minimum atomic E-state index is -0.266. The normalized spacial score (nSPS) is 14.9. The van der Waals surface area contributed by atoms with Crippen LogP contribution in [-0.4, -0.2) is 44.8 Å². The van der Waals surface area contributed by atoms with Crippen LogP contribution in [0.15, 0.2) is 30.3 Å². The third-order valence-electron chi connectivity index (χ3n) is 5.88. The molecule has 3 rings (SSSR count). The van der Waals surface area contributed by atoms with Crippen molar-refractivity contribution >= 4 is 23.3 Å². The molecule has 2 aromatic rings. The Morgan fingerprint density at radius 1 is 1.10 bits per heavy atom. The van der Waals surface area contributed by atoms with Crippen LogP contribution < -0.4 is 20.1 Å². The van der Waals surface area contributed by atoms with E-state index in [9.17, 15) is 4.79 Å². The molecule has 0 radical (unpaired) electrons. The molecule has 6 nitrogen and oxygen atoms in total. The highest BCUT2D eigenvalue weighted by Gasteiger charge is 2.21. The van der Waals surface area contributed by atoms with Crippen molar-refractivity contribution in [2.45, 2.75) is 33.2 Å². The summed E-state index contributed by atoms with van der Waals surface area (Å²) < 4.78 is 10.5. The first-order valence-corrected chi connectivity index (χ1v) is 11.0. The molecule has 0 saturated carbocycles. The zero-order chi connectivity index (χ0) is 22.4. The zero-order valence-electron chi connectivity index (χ0n) is 18.8. The summed E-state index contributed by atoms with van der Waals surface area (Å²) in [5, 5.41) is 6.22. The van der Waals surface area contributed by atoms with E-state index < -0.39 is 0 Å². The summed E-state index contributed by atoms with van der Waals surface area (Å²) >= 11 is 6.17. The second kappa shape index (κ2) is 10.7. The quantitative estimate of drug-likeness (QED) is 0.629. The lowest BCUT2D eigenvalue weighted by atomic mass is 9.96. The number of halogens is 1. The number of carbonyl (C=O) groups excluding carboxylic acids is 1. The first-order chi connectivity index (χ1) is 14.9. The Bertz CT molecular complexity index is 911. The van der Waals surface area contributed by atoms with Gasteiger partial charge in [0.25, 0.3) is 0 Å². The minimum Gasteiger partial charge on any atom is -0.495 e. The molecular weight excluding hydrogens is 414 g/mol. The van der Waals surface area contributed by atoms with Crippen LogP contribution >= 0.6 is 11.6 Å². The molecule has 7 heteroatoms. The maximum absolute atomic E-state index is 12.4. The minimum absolute atomic E-state index is 0.266. The van der Waals surface area contributed by atoms with Crippen LogP contribution in [0.2, 0.25) is 5.02 Å². The van der Waals surface area contributed by atoms with Crippen molar-refractivity contribution in [2.75, 3.05) is 39.2 Å². The fraction of sp³-hybridized carbons (Fsp3) is 0.458. The fourth-order valence-electron chi connectivity index (χ4n) is 3.92. The number of urea groups is 1. The van der Waals surface area contributed by atoms with Crippen molar-refractivity contribution < 1.29 is 14.3 Å². The predicted octanol–water partition coefficient (Wildman–Crippen LogP) is 5.01. The standard InChI is InChI=1S/C24H32ClN3O3/c1-16-5-6-17(2)19(11-16)15-28-9-7-18(8-10-28)14-26-24(29)27-21-12-20(25)22(30-3)13-23(21)31-4/h5-6,11-13,18H,7-10,14-15H2,1-4H3,(H2,26,27,29). The molecule has 0 atom stereocenters. The topological polar surface area (TPSA) is 62.8 Å². The average Bonchev–Trinajstić information content (AvgIpc) is 2.76. The van der Waals surface area contributed by atoms with E-state index in [0.717, 1.165) is 32.5 Å². The number of aryl methyl sites for hydroxylation is 2. The van der Waals surface area contributed by atoms with Gasteiger partial charge in [-0.25, -0.2) is 4.79 Å². The van der Waals surface area contributed by atoms with E-state index >= 15 is 0 Å². The van der Waals surface area contributed by atoms with Crippen molar-refractivity contribution in [2.24, 2.45) is 5.92 Å². The first kappa shape index (κ1) is 23.2. The van der Waals surface area contributed by atoms with Gasteiger partial charge in [0.15, 0.2) is 0 Å². The van der Waals surface area contributed by atoms with Gasteiger partial charge in [-0.2, -0.15) is 0 Å². The van der Waals surface area contributed by atoms with Gasteiger partial charge >= 0.3 is 6.03 Å². The number of nitrogens with one attached hydrogen (secondary N) is 2. The molecule has 2 N–H and O–H groups in total. The molecule has 31 heavy (non-hydrogen) atoms. The highest BCUT2D eigenvalue weighted by Crippen LogP contribution is 2.35. The van der Waals surface area contributed by atoms with Crippen LogP contribution in [0.4, 0.5) is 10.5 Å². The monoisotopic (exact) mass is 445 g/mol. The Morgan fingerprint density at radius 3 is 2.48 bits per heavy atom. The highest BCUT2D eigenvalue weighted by atomic mass is 35.5. The molecule has 1 saturated heterocycles. The van der Waals surface area contributed by atoms with E-state index in [4.69, 9.17) is 21.1 Å². The summed E-state index contributed by atoms with van der Waals surface area (Å²) in [5.41, 5.74) is 4.57. The molecule has 0 spiro atoms. The fourth-order valence-corrected chi connectivity index (χ4v) is 4.16. The molecule has 1 heterocycles. The predicted molar refractivity (Wildman–Crippen MR) is 125 cm³/mol. The molecule has 2 amide bonds. The number of hydrogen-bond acceptors (Lipinski definition) is 4. The lowest BCUT2D eigenvalue weighted by molar-refractivity contribution is 0.175. The van der Waals surface area contributed by atoms with Crippen LogP contribution in [0, 0.1) is 19.8 Å². The summed E-state index contributed by atoms with van der Waals surface area (Å²) in [7, 11) is 3.08. The summed E-state index contributed by atoms with van der Waals surface area (Å²) in [5.74, 6) is 1.47. The van der Waals surface area contributed by atoms with Gasteiger partial charge in [0.1, 0.15) is 11.5 Å². The summed E-state index contributed by atoms with van der Waals surface area (Å²) in [4.78, 5) is 14.9. The molecule has 0 unspecified atom stereocenters. The van der Waals surface area contributed by atoms with Crippen LogP contribution in [-0.2, 0) is 6.54 Å². The van der Waals surface area contributed by atoms with E-state index in [0.29, 0.717) is 34.7 Å². The smallest absolute Gasteiger partial charge is 0.319 e. The van der Waals surface area contributed by atoms with Crippen molar-refractivity contribution in [3.63, 3.8) is 0 Å². The van der Waals surface area contributed by atoms with Crippen LogP contribution in [0.3, 0.4) is 0 Å². The van der Waals surface area contributed by atoms with Gasteiger partial charge in [0, 0.05) is 19.2 Å². The van der Waals surface area contributed by atoms with Gasteiger partial charge in [-0.1, -0.05) is 35.4 Å². The molecule has 0 aliphatic carbocycles. The first-order valence-electron chi connectivity index (χ1n) is 10.6. The SMILES string of the molecule is COc1cc(OC)c(NC(=O)NCC2CCN(Cc3cc(C)ccc3C)CC2)cc1Cl. The van der Waals surface area contributed by atoms with Gasteiger partial charge in [0.05, 0.1) is 24.9 Å². The molecule has 1 aliphatic heterocycles. The lowest BCUT2D eigenvalue weighted by Gasteiger charge is -2.32. The van der Waals surface area contributed by atoms with Crippen LogP contribution in [0.25, 0.3) is 0 Å². The molecule has 2 aromatic carbocycles. The van der Waals surface area contributed by atoms with E-state index in [2.05, 4.69) is 47.6 Å². The number of piperidine rings is 1. The van der Waals surface area contributed by atoms with Gasteiger partial charge < -0.3 is 20.1 Å². The summed E-state index contributed by atoms with van der Waals surface area (Å²) in [6.45, 7) is 8.05. The Morgan fingerprint density at radius 2 is 1.81 bits per heavy atom. The molecular formula is C24H32ClN3O3. The van der Waals surface area contributed by atoms with Gasteiger partial charge in [-0.05, 0) is 62.9 Å². The highest BCUT2D eigenvalue weighted by molar-refractivity contribution is 6.32. The number of rotatable bonds is 7. The number of likely N-dealkylation sites (tertiary alicyclic amines) is 1. The molecule has 1 aliphatic rings. The number of carbonyl (C=O) groups is 1. The average molecular weight is 446 g/mol. The van der Waals surface area contributed by atoms with E-state index in [1.165, 1.54) is 30.9 Å². The van der Waals surface area contributed by atoms with Crippen molar-refractivity contribution in [3.8, 4) is 11.5 Å². The second-order valence-corrected chi connectivity index (χ2v) is 8.58. The zero-order valence-corrected chi connectivity index (χ0v) is 19.5. The van der Waals surface area contributed by atoms with E-state index in [1.807, 2.05) is 0 Å². The van der Waals surface area contributed by atoms with Crippen molar-refractivity contribution in [3.05, 3.63) is 52.0 Å². The molecule has 1 fully saturated rings. The number of nitrogens with zero attached hydrogens (tertiary/aromatic N) is 1. The van der Waals surface area contributed by atoms with Crippen LogP contribution in [0.1, 0.15) is 29.5 Å². The molecule has 168 valence electrons. The molecule has 0 aromatic heterocycles. The molecule has 0 bridgehead atoms. The number of amides is 2. The number of ether oxygens (including phenoxy) is 2. The Labute approximate surface area is 189 Å². The number of methoxy groups -OCH3 is 2.